The lowest BCUT2D eigenvalue weighted by molar-refractivity contribution is 0.468. The summed E-state index contributed by atoms with van der Waals surface area (Å²) in [5.74, 6) is 0. The predicted octanol–water partition coefficient (Wildman–Crippen LogP) is 14.3. The van der Waals surface area contributed by atoms with Crippen molar-refractivity contribution in [3.8, 4) is 22.3 Å². The Morgan fingerprint density at radius 2 is 0.950 bits per heavy atom. The van der Waals surface area contributed by atoms with Crippen molar-refractivity contribution in [2.75, 3.05) is 0 Å². The molecule has 0 aliphatic carbocycles. The van der Waals surface area contributed by atoms with Crippen molar-refractivity contribution in [1.82, 2.24) is 5.32 Å². The number of nitrogens with zero attached hydrogens (tertiary/aromatic N) is 1. The van der Waals surface area contributed by atoms with Crippen molar-refractivity contribution in [2.24, 2.45) is 10.7 Å². The van der Waals surface area contributed by atoms with E-state index >= 15 is 0 Å². The maximum atomic E-state index is 7.10. The predicted molar refractivity (Wildman–Crippen MR) is 256 cm³/mol. The van der Waals surface area contributed by atoms with Gasteiger partial charge in [0.15, 0.2) is 0 Å². The summed E-state index contributed by atoms with van der Waals surface area (Å²) in [4.78, 5) is 5.26. The second-order valence-corrected chi connectivity index (χ2v) is 15.7. The van der Waals surface area contributed by atoms with Gasteiger partial charge >= 0.3 is 0 Å². The Morgan fingerprint density at radius 1 is 0.400 bits per heavy atom. The minimum Gasteiger partial charge on any atom is -0.312 e. The number of nitrogens with one attached hydrogen (secondary N) is 1. The zero-order valence-corrected chi connectivity index (χ0v) is 33.0. The fourth-order valence-corrected chi connectivity index (χ4v) is 9.18. The SMILES string of the molecule is NC(NC(/N=C/c1ccc(-c2c3ccccc3cc3c2ccc2ccccc23)cc1)c1ccc2c(ccc3c4ccccc4ccc23)c1)c1ccccc1-c1ccccc1. The Kier molecular flexibility index (Phi) is 8.97. The van der Waals surface area contributed by atoms with E-state index in [1.54, 1.807) is 0 Å². The van der Waals surface area contributed by atoms with Crippen LogP contribution in [0.1, 0.15) is 29.0 Å². The van der Waals surface area contributed by atoms with Crippen molar-refractivity contribution in [3.05, 3.63) is 229 Å². The van der Waals surface area contributed by atoms with Crippen LogP contribution in [-0.4, -0.2) is 6.21 Å². The van der Waals surface area contributed by atoms with E-state index in [0.717, 1.165) is 33.2 Å². The highest BCUT2D eigenvalue weighted by atomic mass is 15.1. The summed E-state index contributed by atoms with van der Waals surface area (Å²) < 4.78 is 0. The molecule has 0 aliphatic rings. The quantitative estimate of drug-likeness (QED) is 0.0700. The van der Waals surface area contributed by atoms with Crippen LogP contribution in [0, 0.1) is 0 Å². The fraction of sp³-hybridized carbons (Fsp3) is 0.0351. The first-order chi connectivity index (χ1) is 29.7. The number of hydrogen-bond donors (Lipinski definition) is 2. The van der Waals surface area contributed by atoms with E-state index in [9.17, 15) is 0 Å². The van der Waals surface area contributed by atoms with Crippen LogP contribution in [0.4, 0.5) is 0 Å². The summed E-state index contributed by atoms with van der Waals surface area (Å²) >= 11 is 0. The van der Waals surface area contributed by atoms with Crippen molar-refractivity contribution >= 4 is 70.8 Å². The normalized spacial score (nSPS) is 12.9. The highest BCUT2D eigenvalue weighted by Crippen LogP contribution is 2.40. The molecule has 0 aliphatic heterocycles. The highest BCUT2D eigenvalue weighted by Gasteiger charge is 2.19. The van der Waals surface area contributed by atoms with Gasteiger partial charge in [0, 0.05) is 6.21 Å². The second-order valence-electron chi connectivity index (χ2n) is 15.7. The fourth-order valence-electron chi connectivity index (χ4n) is 9.18. The number of rotatable bonds is 8. The summed E-state index contributed by atoms with van der Waals surface area (Å²) in [5, 5.41) is 18.6. The van der Waals surface area contributed by atoms with Gasteiger partial charge in [0.2, 0.25) is 0 Å². The third-order valence-electron chi connectivity index (χ3n) is 12.1. The molecular weight excluding hydrogens is 727 g/mol. The molecule has 2 atom stereocenters. The lowest BCUT2D eigenvalue weighted by atomic mass is 9.89. The first-order valence-electron chi connectivity index (χ1n) is 20.6. The molecule has 0 spiro atoms. The van der Waals surface area contributed by atoms with E-state index < -0.39 is 12.3 Å². The molecular formula is C57H41N3. The summed E-state index contributed by atoms with van der Waals surface area (Å²) in [7, 11) is 0. The average molecular weight is 768 g/mol. The first-order valence-corrected chi connectivity index (χ1v) is 20.6. The van der Waals surface area contributed by atoms with Crippen molar-refractivity contribution < 1.29 is 0 Å². The van der Waals surface area contributed by atoms with Crippen molar-refractivity contribution in [1.29, 1.82) is 0 Å². The molecule has 0 bridgehead atoms. The van der Waals surface area contributed by atoms with E-state index in [1.165, 1.54) is 70.4 Å². The van der Waals surface area contributed by atoms with Crippen LogP contribution in [0.5, 0.6) is 0 Å². The van der Waals surface area contributed by atoms with E-state index in [-0.39, 0.29) is 0 Å². The number of nitrogens with two attached hydrogens (primary N) is 1. The molecule has 3 N–H and O–H groups in total. The number of hydrogen-bond acceptors (Lipinski definition) is 3. The van der Waals surface area contributed by atoms with E-state index in [1.807, 2.05) is 12.3 Å². The average Bonchev–Trinajstić information content (AvgIpc) is 3.32. The minimum atomic E-state index is -0.486. The van der Waals surface area contributed by atoms with Crippen molar-refractivity contribution in [3.63, 3.8) is 0 Å². The van der Waals surface area contributed by atoms with Gasteiger partial charge in [0.25, 0.3) is 0 Å². The zero-order chi connectivity index (χ0) is 40.0. The molecule has 3 nitrogen and oxygen atoms in total. The van der Waals surface area contributed by atoms with Crippen LogP contribution in [-0.2, 0) is 0 Å². The number of benzene rings is 11. The molecule has 2 unspecified atom stereocenters. The Bertz CT molecular complexity index is 3420. The number of aliphatic imine (C=N–C) groups is 1. The largest absolute Gasteiger partial charge is 0.312 e. The van der Waals surface area contributed by atoms with E-state index in [4.69, 9.17) is 10.7 Å². The monoisotopic (exact) mass is 767 g/mol. The lowest BCUT2D eigenvalue weighted by Crippen LogP contribution is -2.32. The molecule has 0 radical (unpaired) electrons. The van der Waals surface area contributed by atoms with E-state index in [2.05, 4.69) is 212 Å². The molecule has 0 amide bonds. The van der Waals surface area contributed by atoms with Gasteiger partial charge in [0.1, 0.15) is 6.17 Å². The Labute approximate surface area is 349 Å². The third-order valence-corrected chi connectivity index (χ3v) is 12.1. The van der Waals surface area contributed by atoms with Gasteiger partial charge in [-0.3, -0.25) is 10.3 Å². The molecule has 11 aromatic rings. The van der Waals surface area contributed by atoms with Crippen LogP contribution in [0.25, 0.3) is 86.9 Å². The maximum Gasteiger partial charge on any atom is 0.127 e. The van der Waals surface area contributed by atoms with Gasteiger partial charge in [-0.05, 0) is 116 Å². The molecule has 0 saturated heterocycles. The van der Waals surface area contributed by atoms with Crippen LogP contribution < -0.4 is 11.1 Å². The van der Waals surface area contributed by atoms with E-state index in [0.29, 0.717) is 0 Å². The first kappa shape index (κ1) is 35.7. The molecule has 0 heterocycles. The Morgan fingerprint density at radius 3 is 1.70 bits per heavy atom. The van der Waals surface area contributed by atoms with Gasteiger partial charge in [-0.15, -0.1) is 0 Å². The summed E-state index contributed by atoms with van der Waals surface area (Å²) in [6.07, 6.45) is 1.07. The molecule has 3 heteroatoms. The van der Waals surface area contributed by atoms with Gasteiger partial charge in [-0.1, -0.05) is 200 Å². The molecule has 11 aromatic carbocycles. The Balaban J connectivity index is 0.984. The van der Waals surface area contributed by atoms with Crippen LogP contribution in [0.2, 0.25) is 0 Å². The Hall–Kier alpha value is -7.43. The molecule has 0 aromatic heterocycles. The smallest absolute Gasteiger partial charge is 0.127 e. The second kappa shape index (κ2) is 15.1. The molecule has 11 rings (SSSR count). The zero-order valence-electron chi connectivity index (χ0n) is 33.0. The van der Waals surface area contributed by atoms with Gasteiger partial charge < -0.3 is 5.73 Å². The summed E-state index contributed by atoms with van der Waals surface area (Å²) in [6, 6.07) is 76.1. The number of fused-ring (bicyclic) bond motifs is 9. The van der Waals surface area contributed by atoms with Gasteiger partial charge in [0.05, 0.1) is 6.17 Å². The maximum absolute atomic E-state index is 7.10. The molecule has 0 fully saturated rings. The standard InChI is InChI=1S/C57H41N3/c58-56(53-21-11-10-18-46(53)38-12-2-1-3-13-38)60-57(44-29-30-48-43(34-44)28-32-50-45-17-7-4-14-39(45)26-31-51(48)50)59-36-37-22-24-41(25-23-37)55-49-20-9-6-16-42(49)35-54-47-19-8-5-15-40(47)27-33-52(54)55/h1-36,56-57,60H,58H2/b59-36+. The topological polar surface area (TPSA) is 50.4 Å². The summed E-state index contributed by atoms with van der Waals surface area (Å²) in [5.41, 5.74) is 14.8. The lowest BCUT2D eigenvalue weighted by Gasteiger charge is -2.23. The van der Waals surface area contributed by atoms with Crippen molar-refractivity contribution in [2.45, 2.75) is 12.3 Å². The molecule has 0 saturated carbocycles. The summed E-state index contributed by atoms with van der Waals surface area (Å²) in [6.45, 7) is 0. The van der Waals surface area contributed by atoms with Gasteiger partial charge in [-0.2, -0.15) is 0 Å². The molecule has 284 valence electrons. The molecule has 60 heavy (non-hydrogen) atoms. The highest BCUT2D eigenvalue weighted by molar-refractivity contribution is 6.20. The van der Waals surface area contributed by atoms with Gasteiger partial charge in [-0.25, -0.2) is 0 Å². The van der Waals surface area contributed by atoms with Crippen LogP contribution in [0.15, 0.2) is 217 Å². The van der Waals surface area contributed by atoms with Crippen LogP contribution in [0.3, 0.4) is 0 Å². The minimum absolute atomic E-state index is 0.421. The van der Waals surface area contributed by atoms with Crippen LogP contribution >= 0.6 is 0 Å². The third kappa shape index (κ3) is 6.38.